The van der Waals surface area contributed by atoms with Gasteiger partial charge in [0.1, 0.15) is 4.21 Å². The van der Waals surface area contributed by atoms with Crippen molar-refractivity contribution in [2.45, 2.75) is 23.9 Å². The average molecular weight is 476 g/mol. The number of benzene rings is 1. The number of sulfonamides is 1. The van der Waals surface area contributed by atoms with E-state index >= 15 is 0 Å². The molecule has 0 radical (unpaired) electrons. The largest absolute Gasteiger partial charge is 0.493 e. The molecule has 0 atom stereocenters. The Labute approximate surface area is 181 Å². The third-order valence-electron chi connectivity index (χ3n) is 4.24. The van der Waals surface area contributed by atoms with E-state index in [4.69, 9.17) is 9.47 Å². The van der Waals surface area contributed by atoms with Crippen molar-refractivity contribution in [1.82, 2.24) is 9.78 Å². The van der Waals surface area contributed by atoms with Gasteiger partial charge >= 0.3 is 6.18 Å². The van der Waals surface area contributed by atoms with Crippen molar-refractivity contribution >= 4 is 27.0 Å². The van der Waals surface area contributed by atoms with Crippen molar-refractivity contribution in [2.75, 3.05) is 18.0 Å². The molecule has 7 nitrogen and oxygen atoms in total. The molecular formula is C19H20F3N3O4S2. The Bertz CT molecular complexity index is 1140. The summed E-state index contributed by atoms with van der Waals surface area (Å²) >= 11 is 1.09. The zero-order valence-electron chi connectivity index (χ0n) is 16.9. The van der Waals surface area contributed by atoms with Gasteiger partial charge in [-0.05, 0) is 36.1 Å². The van der Waals surface area contributed by atoms with Crippen LogP contribution in [0.4, 0.5) is 18.9 Å². The van der Waals surface area contributed by atoms with Gasteiger partial charge in [-0.15, -0.1) is 11.3 Å². The van der Waals surface area contributed by atoms with Crippen LogP contribution in [0.5, 0.6) is 11.5 Å². The molecule has 0 saturated heterocycles. The Morgan fingerprint density at radius 1 is 1.23 bits per heavy atom. The zero-order chi connectivity index (χ0) is 22.8. The highest BCUT2D eigenvalue weighted by Crippen LogP contribution is 2.33. The summed E-state index contributed by atoms with van der Waals surface area (Å²) in [5, 5.41) is 5.89. The second-order valence-corrected chi connectivity index (χ2v) is 9.64. The highest BCUT2D eigenvalue weighted by Gasteiger charge is 2.30. The van der Waals surface area contributed by atoms with Crippen molar-refractivity contribution in [2.24, 2.45) is 7.05 Å². The summed E-state index contributed by atoms with van der Waals surface area (Å²) in [5.74, 6) is -0.0214. The maximum Gasteiger partial charge on any atom is 0.422 e. The molecule has 0 saturated carbocycles. The molecule has 12 heteroatoms. The lowest BCUT2D eigenvalue weighted by Gasteiger charge is -2.23. The van der Waals surface area contributed by atoms with Crippen LogP contribution in [0.25, 0.3) is 0 Å². The summed E-state index contributed by atoms with van der Waals surface area (Å²) in [4.78, 5) is 0. The zero-order valence-corrected chi connectivity index (χ0v) is 18.5. The SMILES string of the molecule is COc1cc(CN(c2cn(C)nc2C)S(=O)(=O)c2cccs2)ccc1OCC(F)(F)F. The van der Waals surface area contributed by atoms with Gasteiger partial charge in [0.15, 0.2) is 18.1 Å². The van der Waals surface area contributed by atoms with Crippen LogP contribution in [-0.4, -0.2) is 38.1 Å². The van der Waals surface area contributed by atoms with E-state index in [-0.39, 0.29) is 22.3 Å². The van der Waals surface area contributed by atoms with Crippen LogP contribution in [-0.2, 0) is 23.6 Å². The molecule has 3 rings (SSSR count). The van der Waals surface area contributed by atoms with E-state index < -0.39 is 22.8 Å². The van der Waals surface area contributed by atoms with E-state index in [1.54, 1.807) is 31.6 Å². The molecule has 0 aliphatic rings. The van der Waals surface area contributed by atoms with Crippen LogP contribution in [0.15, 0.2) is 46.1 Å². The minimum absolute atomic E-state index is 0.0677. The van der Waals surface area contributed by atoms with Gasteiger partial charge < -0.3 is 9.47 Å². The second-order valence-electron chi connectivity index (χ2n) is 6.61. The Morgan fingerprint density at radius 3 is 2.52 bits per heavy atom. The Morgan fingerprint density at radius 2 is 1.97 bits per heavy atom. The lowest BCUT2D eigenvalue weighted by atomic mass is 10.2. The summed E-state index contributed by atoms with van der Waals surface area (Å²) in [7, 11) is -0.920. The third kappa shape index (κ3) is 5.31. The minimum Gasteiger partial charge on any atom is -0.493 e. The number of anilines is 1. The first-order valence-electron chi connectivity index (χ1n) is 8.94. The van der Waals surface area contributed by atoms with Gasteiger partial charge in [0, 0.05) is 13.2 Å². The standard InChI is InChI=1S/C19H20F3N3O4S2/c1-13-15(11-24(2)23-13)25(31(26,27)18-5-4-8-30-18)10-14-6-7-16(17(9-14)28-3)29-12-19(20,21)22/h4-9,11H,10,12H2,1-3H3. The molecule has 0 aliphatic carbocycles. The fourth-order valence-corrected chi connectivity index (χ4v) is 5.50. The van der Waals surface area contributed by atoms with Gasteiger partial charge in [0.05, 0.1) is 25.0 Å². The molecule has 1 aromatic carbocycles. The number of aryl methyl sites for hydroxylation is 2. The first kappa shape index (κ1) is 22.9. The number of halogens is 3. The number of alkyl halides is 3. The number of nitrogens with zero attached hydrogens (tertiary/aromatic N) is 3. The predicted octanol–water partition coefficient (Wildman–Crippen LogP) is 4.14. The fraction of sp³-hybridized carbons (Fsp3) is 0.316. The molecule has 2 aromatic heterocycles. The first-order valence-corrected chi connectivity index (χ1v) is 11.3. The highest BCUT2D eigenvalue weighted by atomic mass is 32.2. The van der Waals surface area contributed by atoms with E-state index in [0.29, 0.717) is 16.9 Å². The fourth-order valence-electron chi connectivity index (χ4n) is 2.91. The predicted molar refractivity (Wildman–Crippen MR) is 110 cm³/mol. The van der Waals surface area contributed by atoms with Crippen LogP contribution < -0.4 is 13.8 Å². The average Bonchev–Trinajstić information content (AvgIpc) is 3.34. The Balaban J connectivity index is 1.97. The van der Waals surface area contributed by atoms with Gasteiger partial charge in [0.2, 0.25) is 0 Å². The van der Waals surface area contributed by atoms with Crippen molar-refractivity contribution in [3.8, 4) is 11.5 Å². The lowest BCUT2D eigenvalue weighted by Crippen LogP contribution is -2.30. The molecule has 31 heavy (non-hydrogen) atoms. The van der Waals surface area contributed by atoms with E-state index in [0.717, 1.165) is 11.3 Å². The van der Waals surface area contributed by atoms with Crippen molar-refractivity contribution in [3.63, 3.8) is 0 Å². The molecule has 0 amide bonds. The molecule has 168 valence electrons. The molecule has 0 unspecified atom stereocenters. The van der Waals surface area contributed by atoms with Gasteiger partial charge in [-0.2, -0.15) is 18.3 Å². The van der Waals surface area contributed by atoms with Crippen LogP contribution in [0.3, 0.4) is 0 Å². The second kappa shape index (κ2) is 8.79. The number of hydrogen-bond acceptors (Lipinski definition) is 6. The molecule has 0 N–H and O–H groups in total. The Kier molecular flexibility index (Phi) is 6.51. The Hall–Kier alpha value is -2.73. The van der Waals surface area contributed by atoms with E-state index in [1.165, 1.54) is 40.4 Å². The molecule has 3 aromatic rings. The molecule has 0 aliphatic heterocycles. The summed E-state index contributed by atoms with van der Waals surface area (Å²) in [6.45, 7) is 0.153. The van der Waals surface area contributed by atoms with Crippen molar-refractivity contribution in [1.29, 1.82) is 0 Å². The first-order chi connectivity index (χ1) is 14.5. The highest BCUT2D eigenvalue weighted by molar-refractivity contribution is 7.94. The molecule has 0 spiro atoms. The smallest absolute Gasteiger partial charge is 0.422 e. The van der Waals surface area contributed by atoms with Crippen LogP contribution in [0, 0.1) is 6.92 Å². The number of rotatable bonds is 8. The monoisotopic (exact) mass is 475 g/mol. The van der Waals surface area contributed by atoms with Crippen LogP contribution in [0.1, 0.15) is 11.3 Å². The van der Waals surface area contributed by atoms with E-state index in [1.807, 2.05) is 0 Å². The maximum atomic E-state index is 13.3. The van der Waals surface area contributed by atoms with Crippen LogP contribution >= 0.6 is 11.3 Å². The van der Waals surface area contributed by atoms with Crippen molar-refractivity contribution in [3.05, 3.63) is 53.2 Å². The minimum atomic E-state index is -4.49. The van der Waals surface area contributed by atoms with E-state index in [2.05, 4.69) is 5.10 Å². The topological polar surface area (TPSA) is 73.7 Å². The van der Waals surface area contributed by atoms with Crippen molar-refractivity contribution < 1.29 is 31.1 Å². The number of ether oxygens (including phenoxy) is 2. The van der Waals surface area contributed by atoms with Crippen LogP contribution in [0.2, 0.25) is 0 Å². The molecule has 0 bridgehead atoms. The molecule has 2 heterocycles. The quantitative estimate of drug-likeness (QED) is 0.490. The van der Waals surface area contributed by atoms with Gasteiger partial charge in [0.25, 0.3) is 10.0 Å². The number of methoxy groups -OCH3 is 1. The summed E-state index contributed by atoms with van der Waals surface area (Å²) in [6, 6.07) is 7.42. The molecular weight excluding hydrogens is 455 g/mol. The normalized spacial score (nSPS) is 12.1. The lowest BCUT2D eigenvalue weighted by molar-refractivity contribution is -0.153. The third-order valence-corrected chi connectivity index (χ3v) is 7.37. The summed E-state index contributed by atoms with van der Waals surface area (Å²) in [6.07, 6.45) is -2.90. The number of thiophene rings is 1. The maximum absolute atomic E-state index is 13.3. The van der Waals surface area contributed by atoms with Gasteiger partial charge in [-0.1, -0.05) is 12.1 Å². The summed E-state index contributed by atoms with van der Waals surface area (Å²) in [5.41, 5.74) is 1.41. The van der Waals surface area contributed by atoms with E-state index in [9.17, 15) is 21.6 Å². The molecule has 0 fully saturated rings. The van der Waals surface area contributed by atoms with Gasteiger partial charge in [-0.3, -0.25) is 8.99 Å². The number of hydrogen-bond donors (Lipinski definition) is 0. The van der Waals surface area contributed by atoms with Gasteiger partial charge in [-0.25, -0.2) is 8.42 Å². The number of aromatic nitrogens is 2. The summed E-state index contributed by atoms with van der Waals surface area (Å²) < 4.78 is 76.9.